The van der Waals surface area contributed by atoms with E-state index in [2.05, 4.69) is 15.9 Å². The maximum atomic E-state index is 17.1. The van der Waals surface area contributed by atoms with Crippen molar-refractivity contribution < 1.29 is 18.6 Å². The molecule has 0 spiro atoms. The fourth-order valence-corrected chi connectivity index (χ4v) is 8.88. The molecular formula is C36H38F2N6O2. The Labute approximate surface area is 267 Å². The second kappa shape index (κ2) is 11.3. The molecule has 8 nitrogen and oxygen atoms in total. The molecule has 2 aromatic carbocycles. The number of hydrogen-bond donors (Lipinski definition) is 1. The number of phenolic OH excluding ortho intramolecular Hbond substituents is 1. The minimum absolute atomic E-state index is 0.00169. The summed E-state index contributed by atoms with van der Waals surface area (Å²) in [7, 11) is 0. The maximum absolute atomic E-state index is 17.1. The molecule has 238 valence electrons. The van der Waals surface area contributed by atoms with Gasteiger partial charge in [0.15, 0.2) is 5.82 Å². The molecular weight excluding hydrogens is 586 g/mol. The smallest absolute Gasteiger partial charge is 0.319 e. The number of pyridine rings is 1. The fourth-order valence-electron chi connectivity index (χ4n) is 8.88. The molecule has 1 saturated carbocycles. The monoisotopic (exact) mass is 624 g/mol. The first-order valence-electron chi connectivity index (χ1n) is 16.6. The molecule has 1 aliphatic carbocycles. The predicted octanol–water partition coefficient (Wildman–Crippen LogP) is 6.65. The molecule has 1 N–H and O–H groups in total. The molecule has 2 unspecified atom stereocenters. The van der Waals surface area contributed by atoms with Crippen LogP contribution in [0, 0.1) is 35.9 Å². The lowest BCUT2D eigenvalue weighted by Crippen LogP contribution is -2.43. The van der Waals surface area contributed by atoms with Crippen molar-refractivity contribution in [3.05, 3.63) is 47.4 Å². The molecule has 10 heteroatoms. The number of benzene rings is 2. The molecule has 5 heterocycles. The van der Waals surface area contributed by atoms with Crippen molar-refractivity contribution in [1.82, 2.24) is 19.9 Å². The molecule has 0 amide bonds. The second-order valence-corrected chi connectivity index (χ2v) is 13.9. The molecule has 2 bridgehead atoms. The van der Waals surface area contributed by atoms with Gasteiger partial charge in [-0.25, -0.2) is 13.8 Å². The highest BCUT2D eigenvalue weighted by Crippen LogP contribution is 2.44. The van der Waals surface area contributed by atoms with Crippen molar-refractivity contribution in [3.8, 4) is 29.1 Å². The number of aromatic nitrogens is 3. The number of ether oxygens (including phenoxy) is 1. The summed E-state index contributed by atoms with van der Waals surface area (Å²) in [6, 6.07) is 11.2. The Morgan fingerprint density at radius 1 is 1.11 bits per heavy atom. The molecule has 8 rings (SSSR count). The van der Waals surface area contributed by atoms with Gasteiger partial charge in [-0.3, -0.25) is 4.90 Å². The average molecular weight is 625 g/mol. The highest BCUT2D eigenvalue weighted by Gasteiger charge is 2.49. The van der Waals surface area contributed by atoms with Crippen LogP contribution in [0.3, 0.4) is 0 Å². The van der Waals surface area contributed by atoms with E-state index in [0.29, 0.717) is 60.1 Å². The lowest BCUT2D eigenvalue weighted by molar-refractivity contribution is 0.107. The van der Waals surface area contributed by atoms with E-state index in [1.807, 2.05) is 25.1 Å². The highest BCUT2D eigenvalue weighted by molar-refractivity contribution is 6.02. The zero-order chi connectivity index (χ0) is 31.6. The van der Waals surface area contributed by atoms with Crippen molar-refractivity contribution in [2.45, 2.75) is 70.0 Å². The Morgan fingerprint density at radius 2 is 1.93 bits per heavy atom. The van der Waals surface area contributed by atoms with E-state index in [1.165, 1.54) is 25.3 Å². The summed E-state index contributed by atoms with van der Waals surface area (Å²) >= 11 is 0. The van der Waals surface area contributed by atoms with Crippen molar-refractivity contribution in [1.29, 1.82) is 5.26 Å². The third-order valence-corrected chi connectivity index (χ3v) is 10.9. The first-order chi connectivity index (χ1) is 22.3. The third kappa shape index (κ3) is 4.91. The van der Waals surface area contributed by atoms with Crippen molar-refractivity contribution in [2.75, 3.05) is 37.7 Å². The Hall–Kier alpha value is -4.10. The number of nitriles is 1. The summed E-state index contributed by atoms with van der Waals surface area (Å²) in [6.45, 7) is 5.05. The third-order valence-electron chi connectivity index (χ3n) is 10.9. The molecule has 3 aliphatic heterocycles. The Kier molecular flexibility index (Phi) is 7.20. The molecule has 3 saturated heterocycles. The van der Waals surface area contributed by atoms with Crippen LogP contribution in [0.25, 0.3) is 32.9 Å². The van der Waals surface area contributed by atoms with Gasteiger partial charge in [-0.1, -0.05) is 18.2 Å². The summed E-state index contributed by atoms with van der Waals surface area (Å²) in [4.78, 5) is 18.9. The van der Waals surface area contributed by atoms with Crippen LogP contribution < -0.4 is 9.64 Å². The molecule has 46 heavy (non-hydrogen) atoms. The summed E-state index contributed by atoms with van der Waals surface area (Å²) in [5, 5.41) is 22.1. The zero-order valence-electron chi connectivity index (χ0n) is 26.1. The first kappa shape index (κ1) is 29.3. The molecule has 4 aliphatic rings. The number of halogens is 2. The SMILES string of the molecule is Cc1nc(-c2cc(O)cc3cccc(CCC#N)c23)c(F)c2nc(OC[C@@]34CCCN3C[C@H](F)C4)nc(N3CC4CCC(C4)C3)c12. The van der Waals surface area contributed by atoms with Crippen molar-refractivity contribution in [2.24, 2.45) is 11.8 Å². The highest BCUT2D eigenvalue weighted by atomic mass is 19.1. The molecule has 4 fully saturated rings. The van der Waals surface area contributed by atoms with Gasteiger partial charge in [-0.15, -0.1) is 0 Å². The van der Waals surface area contributed by atoms with Crippen LogP contribution in [0.15, 0.2) is 30.3 Å². The van der Waals surface area contributed by atoms with Crippen molar-refractivity contribution in [3.63, 3.8) is 0 Å². The number of rotatable bonds is 7. The zero-order valence-corrected chi connectivity index (χ0v) is 26.1. The van der Waals surface area contributed by atoms with E-state index in [-0.39, 0.29) is 35.1 Å². The van der Waals surface area contributed by atoms with Crippen LogP contribution in [0.4, 0.5) is 14.6 Å². The number of aryl methyl sites for hydroxylation is 2. The Balaban J connectivity index is 1.29. The van der Waals surface area contributed by atoms with E-state index >= 15 is 4.39 Å². The quantitative estimate of drug-likeness (QED) is 0.244. The van der Waals surface area contributed by atoms with E-state index in [4.69, 9.17) is 19.7 Å². The van der Waals surface area contributed by atoms with E-state index in [0.717, 1.165) is 48.8 Å². The summed E-state index contributed by atoms with van der Waals surface area (Å²) in [5.74, 6) is 1.17. The average Bonchev–Trinajstić information content (AvgIpc) is 3.69. The summed E-state index contributed by atoms with van der Waals surface area (Å²) in [6.07, 6.45) is 5.75. The van der Waals surface area contributed by atoms with Gasteiger partial charge < -0.3 is 14.7 Å². The summed E-state index contributed by atoms with van der Waals surface area (Å²) < 4.78 is 37.9. The van der Waals surface area contributed by atoms with Gasteiger partial charge in [0.2, 0.25) is 0 Å². The lowest BCUT2D eigenvalue weighted by atomic mass is 9.93. The van der Waals surface area contributed by atoms with Crippen molar-refractivity contribution >= 4 is 27.5 Å². The molecule has 0 radical (unpaired) electrons. The van der Waals surface area contributed by atoms with Crippen LogP contribution in [-0.4, -0.2) is 69.5 Å². The summed E-state index contributed by atoms with van der Waals surface area (Å²) in [5.41, 5.74) is 1.74. The van der Waals surface area contributed by atoms with Gasteiger partial charge in [0, 0.05) is 38.0 Å². The van der Waals surface area contributed by atoms with Gasteiger partial charge in [0.25, 0.3) is 0 Å². The number of aromatic hydroxyl groups is 1. The fraction of sp³-hybridized carbons (Fsp3) is 0.500. The number of fused-ring (bicyclic) bond motifs is 5. The number of anilines is 1. The van der Waals surface area contributed by atoms with Gasteiger partial charge in [-0.05, 0) is 92.3 Å². The van der Waals surface area contributed by atoms with E-state index in [9.17, 15) is 14.8 Å². The van der Waals surface area contributed by atoms with E-state index < -0.39 is 12.0 Å². The minimum Gasteiger partial charge on any atom is -0.508 e. The van der Waals surface area contributed by atoms with Crippen LogP contribution in [0.2, 0.25) is 0 Å². The second-order valence-electron chi connectivity index (χ2n) is 13.9. The predicted molar refractivity (Wildman–Crippen MR) is 172 cm³/mol. The van der Waals surface area contributed by atoms with Crippen LogP contribution >= 0.6 is 0 Å². The lowest BCUT2D eigenvalue weighted by Gasteiger charge is -2.34. The topological polar surface area (TPSA) is 98.4 Å². The van der Waals surface area contributed by atoms with Crippen LogP contribution in [-0.2, 0) is 6.42 Å². The van der Waals surface area contributed by atoms with E-state index in [1.54, 1.807) is 6.07 Å². The van der Waals surface area contributed by atoms with Gasteiger partial charge >= 0.3 is 6.01 Å². The normalized spacial score (nSPS) is 25.8. The van der Waals surface area contributed by atoms with Gasteiger partial charge in [0.1, 0.15) is 35.6 Å². The van der Waals surface area contributed by atoms with Gasteiger partial charge in [0.05, 0.1) is 22.7 Å². The number of hydrogen-bond acceptors (Lipinski definition) is 8. The number of piperidine rings is 1. The minimum atomic E-state index is -0.885. The first-order valence-corrected chi connectivity index (χ1v) is 16.6. The van der Waals surface area contributed by atoms with Gasteiger partial charge in [-0.2, -0.15) is 15.2 Å². The molecule has 2 aromatic heterocycles. The largest absolute Gasteiger partial charge is 0.508 e. The standard InChI is InChI=1S/C36H38F2N6O2/c1-21-29-33(31(38)32(40-21)28-15-27(45)14-25-6-2-5-24(30(25)28)7-3-11-39)41-35(42-34(29)43-17-22-8-9-23(13-22)18-43)46-20-36-10-4-12-44(36)19-26(37)16-36/h2,5-6,14-15,22-23,26,45H,3-4,7-10,12-13,16-20H2,1H3/t22?,23?,26-,36+/m1/s1. The number of phenols is 1. The Bertz CT molecular complexity index is 1880. The Morgan fingerprint density at radius 3 is 2.74 bits per heavy atom. The van der Waals surface area contributed by atoms with Crippen LogP contribution in [0.1, 0.15) is 56.2 Å². The number of nitrogens with zero attached hydrogens (tertiary/aromatic N) is 6. The molecule has 4 atom stereocenters. The molecule has 4 aromatic rings. The van der Waals surface area contributed by atoms with Crippen LogP contribution in [0.5, 0.6) is 11.8 Å². The number of alkyl halides is 1. The maximum Gasteiger partial charge on any atom is 0.319 e.